The third kappa shape index (κ3) is 4.78. The summed E-state index contributed by atoms with van der Waals surface area (Å²) in [6.07, 6.45) is 0. The Labute approximate surface area is 167 Å². The normalized spacial score (nSPS) is 11.5. The van der Waals surface area contributed by atoms with Gasteiger partial charge in [-0.15, -0.1) is 11.3 Å². The van der Waals surface area contributed by atoms with Crippen LogP contribution >= 0.6 is 11.3 Å². The van der Waals surface area contributed by atoms with Gasteiger partial charge in [-0.2, -0.15) is 0 Å². The van der Waals surface area contributed by atoms with Crippen molar-refractivity contribution in [1.29, 1.82) is 0 Å². The molecular formula is C22H21NO4S. The summed E-state index contributed by atoms with van der Waals surface area (Å²) in [6, 6.07) is 18.4. The van der Waals surface area contributed by atoms with E-state index in [9.17, 15) is 9.59 Å². The van der Waals surface area contributed by atoms with Gasteiger partial charge in [0.05, 0.1) is 13.2 Å². The number of ketones is 1. The molecule has 0 aliphatic rings. The van der Waals surface area contributed by atoms with E-state index in [1.807, 2.05) is 47.8 Å². The fourth-order valence-electron chi connectivity index (χ4n) is 2.77. The van der Waals surface area contributed by atoms with Crippen molar-refractivity contribution < 1.29 is 19.1 Å². The highest BCUT2D eigenvalue weighted by atomic mass is 32.1. The number of methoxy groups -OCH3 is 1. The molecular weight excluding hydrogens is 374 g/mol. The van der Waals surface area contributed by atoms with E-state index in [4.69, 9.17) is 9.47 Å². The molecule has 28 heavy (non-hydrogen) atoms. The molecule has 1 atom stereocenters. The lowest BCUT2D eigenvalue weighted by Gasteiger charge is -2.18. The number of thiophene rings is 1. The van der Waals surface area contributed by atoms with Crippen LogP contribution in [0.25, 0.3) is 0 Å². The summed E-state index contributed by atoms with van der Waals surface area (Å²) in [5, 5.41) is 5.01. The zero-order valence-electron chi connectivity index (χ0n) is 15.7. The molecule has 3 rings (SSSR count). The van der Waals surface area contributed by atoms with Crippen molar-refractivity contribution in [3.05, 3.63) is 82.0 Å². The van der Waals surface area contributed by atoms with Crippen molar-refractivity contribution >= 4 is 23.0 Å². The van der Waals surface area contributed by atoms with Crippen molar-refractivity contribution in [2.75, 3.05) is 13.7 Å². The maximum absolute atomic E-state index is 12.5. The molecule has 0 bridgehead atoms. The van der Waals surface area contributed by atoms with Gasteiger partial charge in [-0.05, 0) is 42.1 Å². The van der Waals surface area contributed by atoms with E-state index in [0.29, 0.717) is 17.1 Å². The summed E-state index contributed by atoms with van der Waals surface area (Å²) in [4.78, 5) is 25.1. The Bertz CT molecular complexity index is 938. The first-order chi connectivity index (χ1) is 13.6. The largest absolute Gasteiger partial charge is 0.493 e. The number of carbonyl (C=O) groups is 2. The summed E-state index contributed by atoms with van der Waals surface area (Å²) < 4.78 is 10.9. The molecule has 1 N–H and O–H groups in total. The minimum Gasteiger partial charge on any atom is -0.493 e. The Morgan fingerprint density at radius 1 is 1.04 bits per heavy atom. The summed E-state index contributed by atoms with van der Waals surface area (Å²) in [7, 11) is 1.49. The maximum Gasteiger partial charge on any atom is 0.258 e. The van der Waals surface area contributed by atoms with Crippen molar-refractivity contribution in [2.24, 2.45) is 0 Å². The minimum absolute atomic E-state index is 0.0655. The number of Topliss-reactive ketones (excluding diaryl/α,β-unsaturated/α-hetero) is 1. The van der Waals surface area contributed by atoms with Crippen molar-refractivity contribution in [1.82, 2.24) is 5.32 Å². The predicted octanol–water partition coefficient (Wildman–Crippen LogP) is 4.24. The van der Waals surface area contributed by atoms with Crippen LogP contribution in [0.1, 0.15) is 33.8 Å². The molecule has 0 aliphatic carbocycles. The van der Waals surface area contributed by atoms with E-state index in [-0.39, 0.29) is 24.3 Å². The summed E-state index contributed by atoms with van der Waals surface area (Å²) in [6.45, 7) is 1.32. The molecule has 1 amide bonds. The first-order valence-corrected chi connectivity index (χ1v) is 9.66. The molecule has 0 saturated heterocycles. The van der Waals surface area contributed by atoms with E-state index >= 15 is 0 Å². The molecule has 0 spiro atoms. The van der Waals surface area contributed by atoms with Crippen LogP contribution in [0.2, 0.25) is 0 Å². The van der Waals surface area contributed by atoms with Gasteiger partial charge in [0.1, 0.15) is 0 Å². The van der Waals surface area contributed by atoms with Gasteiger partial charge in [0.15, 0.2) is 23.9 Å². The van der Waals surface area contributed by atoms with Crippen LogP contribution < -0.4 is 14.8 Å². The van der Waals surface area contributed by atoms with Crippen molar-refractivity contribution in [3.63, 3.8) is 0 Å². The summed E-state index contributed by atoms with van der Waals surface area (Å²) >= 11 is 1.59. The topological polar surface area (TPSA) is 64.6 Å². The van der Waals surface area contributed by atoms with Gasteiger partial charge in [-0.25, -0.2) is 0 Å². The molecule has 0 saturated carbocycles. The van der Waals surface area contributed by atoms with E-state index in [2.05, 4.69) is 5.32 Å². The zero-order chi connectivity index (χ0) is 19.9. The molecule has 5 nitrogen and oxygen atoms in total. The molecule has 1 heterocycles. The summed E-state index contributed by atoms with van der Waals surface area (Å²) in [5.41, 5.74) is 1.53. The van der Waals surface area contributed by atoms with Crippen LogP contribution in [-0.2, 0) is 4.79 Å². The Morgan fingerprint density at radius 3 is 2.46 bits per heavy atom. The minimum atomic E-state index is -0.250. The number of benzene rings is 2. The number of nitrogens with one attached hydrogen (secondary N) is 1. The van der Waals surface area contributed by atoms with Crippen molar-refractivity contribution in [3.8, 4) is 11.5 Å². The zero-order valence-corrected chi connectivity index (χ0v) is 16.5. The van der Waals surface area contributed by atoms with Crippen LogP contribution in [0.3, 0.4) is 0 Å². The lowest BCUT2D eigenvalue weighted by molar-refractivity contribution is -0.123. The van der Waals surface area contributed by atoms with Crippen LogP contribution in [-0.4, -0.2) is 25.4 Å². The van der Waals surface area contributed by atoms with E-state index < -0.39 is 0 Å². The van der Waals surface area contributed by atoms with Crippen LogP contribution in [0, 0.1) is 0 Å². The average Bonchev–Trinajstić information content (AvgIpc) is 3.25. The number of hydrogen-bond acceptors (Lipinski definition) is 5. The second kappa shape index (κ2) is 9.19. The van der Waals surface area contributed by atoms with Crippen LogP contribution in [0.4, 0.5) is 0 Å². The molecule has 0 aliphatic heterocycles. The molecule has 3 aromatic rings. The predicted molar refractivity (Wildman–Crippen MR) is 109 cm³/mol. The smallest absolute Gasteiger partial charge is 0.258 e. The Balaban J connectivity index is 1.70. The number of hydrogen-bond donors (Lipinski definition) is 1. The molecule has 2 aromatic carbocycles. The second-order valence-corrected chi connectivity index (χ2v) is 7.12. The summed E-state index contributed by atoms with van der Waals surface area (Å²) in [5.74, 6) is 0.512. The first-order valence-electron chi connectivity index (χ1n) is 8.78. The Morgan fingerprint density at radius 2 is 1.82 bits per heavy atom. The molecule has 6 heteroatoms. The van der Waals surface area contributed by atoms with Gasteiger partial charge in [-0.1, -0.05) is 36.4 Å². The van der Waals surface area contributed by atoms with Gasteiger partial charge in [0.2, 0.25) is 0 Å². The Hall–Kier alpha value is -3.12. The molecule has 0 fully saturated rings. The number of ether oxygens (including phenoxy) is 2. The number of carbonyl (C=O) groups excluding carboxylic acids is 2. The fraction of sp³-hybridized carbons (Fsp3) is 0.182. The lowest BCUT2D eigenvalue weighted by atomic mass is 10.1. The second-order valence-electron chi connectivity index (χ2n) is 6.14. The number of amides is 1. The Kier molecular flexibility index (Phi) is 6.45. The van der Waals surface area contributed by atoms with E-state index in [1.54, 1.807) is 29.5 Å². The standard InChI is InChI=1S/C22H21NO4S/c1-15(24)17-10-11-18(19(13-17)26-2)27-14-21(25)23-22(20-9-6-12-28-20)16-7-4-3-5-8-16/h3-13,22H,14H2,1-2H3,(H,23,25)/t22-/m0/s1. The molecule has 0 radical (unpaired) electrons. The van der Waals surface area contributed by atoms with Gasteiger partial charge in [-0.3, -0.25) is 9.59 Å². The molecule has 1 aromatic heterocycles. The van der Waals surface area contributed by atoms with Gasteiger partial charge >= 0.3 is 0 Å². The lowest BCUT2D eigenvalue weighted by Crippen LogP contribution is -2.32. The van der Waals surface area contributed by atoms with E-state index in [1.165, 1.54) is 14.0 Å². The van der Waals surface area contributed by atoms with Gasteiger partial charge < -0.3 is 14.8 Å². The molecule has 144 valence electrons. The third-order valence-electron chi connectivity index (χ3n) is 4.19. The highest BCUT2D eigenvalue weighted by Gasteiger charge is 2.18. The monoisotopic (exact) mass is 395 g/mol. The third-order valence-corrected chi connectivity index (χ3v) is 5.13. The first kappa shape index (κ1) is 19.6. The van der Waals surface area contributed by atoms with Gasteiger partial charge in [0, 0.05) is 10.4 Å². The average molecular weight is 395 g/mol. The highest BCUT2D eigenvalue weighted by molar-refractivity contribution is 7.10. The quantitative estimate of drug-likeness (QED) is 0.579. The van der Waals surface area contributed by atoms with Crippen molar-refractivity contribution in [2.45, 2.75) is 13.0 Å². The fourth-order valence-corrected chi connectivity index (χ4v) is 3.57. The maximum atomic E-state index is 12.5. The molecule has 0 unspecified atom stereocenters. The van der Waals surface area contributed by atoms with Crippen LogP contribution in [0.15, 0.2) is 66.0 Å². The van der Waals surface area contributed by atoms with E-state index in [0.717, 1.165) is 10.4 Å². The highest BCUT2D eigenvalue weighted by Crippen LogP contribution is 2.29. The SMILES string of the molecule is COc1cc(C(C)=O)ccc1OCC(=O)N[C@@H](c1ccccc1)c1cccs1. The van der Waals surface area contributed by atoms with Crippen LogP contribution in [0.5, 0.6) is 11.5 Å². The van der Waals surface area contributed by atoms with Gasteiger partial charge in [0.25, 0.3) is 5.91 Å². The number of rotatable bonds is 8.